The van der Waals surface area contributed by atoms with Gasteiger partial charge in [-0.25, -0.2) is 0 Å². The molecule has 1 aromatic carbocycles. The highest BCUT2D eigenvalue weighted by Crippen LogP contribution is 2.16. The van der Waals surface area contributed by atoms with Gasteiger partial charge in [0.2, 0.25) is 0 Å². The molecule has 1 aromatic rings. The van der Waals surface area contributed by atoms with Crippen molar-refractivity contribution in [3.63, 3.8) is 0 Å². The molecule has 3 nitrogen and oxygen atoms in total. The molecule has 0 saturated heterocycles. The summed E-state index contributed by atoms with van der Waals surface area (Å²) in [6.45, 7) is 1.82. The van der Waals surface area contributed by atoms with E-state index < -0.39 is 4.92 Å². The molecule has 0 heterocycles. The molecule has 0 fully saturated rings. The molecule has 1 rings (SSSR count). The summed E-state index contributed by atoms with van der Waals surface area (Å²) in [5.74, 6) is 5.95. The predicted octanol–water partition coefficient (Wildman–Crippen LogP) is 3.04. The Labute approximate surface area is 96.8 Å². The highest BCUT2D eigenvalue weighted by molar-refractivity contribution is 9.09. The van der Waals surface area contributed by atoms with E-state index in [1.54, 1.807) is 6.07 Å². The van der Waals surface area contributed by atoms with Crippen molar-refractivity contribution in [3.8, 4) is 11.8 Å². The molecule has 0 aliphatic carbocycles. The number of rotatable bonds is 2. The zero-order valence-electron chi connectivity index (χ0n) is 8.29. The zero-order chi connectivity index (χ0) is 11.3. The van der Waals surface area contributed by atoms with Gasteiger partial charge >= 0.3 is 0 Å². The van der Waals surface area contributed by atoms with Gasteiger partial charge in [0.05, 0.1) is 4.92 Å². The second-order valence-electron chi connectivity index (χ2n) is 3.00. The summed E-state index contributed by atoms with van der Waals surface area (Å²) in [7, 11) is 0. The second kappa shape index (κ2) is 5.52. The number of nitrogens with zero attached hydrogens (tertiary/aromatic N) is 1. The lowest BCUT2D eigenvalue weighted by Crippen LogP contribution is -1.90. The number of alkyl halides is 1. The highest BCUT2D eigenvalue weighted by atomic mass is 79.9. The topological polar surface area (TPSA) is 43.1 Å². The van der Waals surface area contributed by atoms with E-state index in [-0.39, 0.29) is 5.69 Å². The normalized spacial score (nSPS) is 9.20. The van der Waals surface area contributed by atoms with E-state index in [1.165, 1.54) is 12.1 Å². The molecule has 0 N–H and O–H groups in total. The number of halogens is 1. The third-order valence-corrected chi connectivity index (χ3v) is 2.26. The van der Waals surface area contributed by atoms with Gasteiger partial charge < -0.3 is 0 Å². The molecule has 0 aliphatic rings. The summed E-state index contributed by atoms with van der Waals surface area (Å²) in [5, 5.41) is 11.3. The standard InChI is InChI=1S/C11H10BrNO2/c1-9-8-11(13(14)15)6-5-10(9)4-2-3-7-12/h5-6,8H,3,7H2,1H3. The molecule has 0 saturated carbocycles. The van der Waals surface area contributed by atoms with Crippen molar-refractivity contribution in [3.05, 3.63) is 39.4 Å². The Bertz CT molecular complexity index is 432. The first-order chi connectivity index (χ1) is 7.15. The van der Waals surface area contributed by atoms with Crippen LogP contribution in [0.15, 0.2) is 18.2 Å². The molecule has 0 bridgehead atoms. The van der Waals surface area contributed by atoms with Gasteiger partial charge in [-0.1, -0.05) is 27.8 Å². The van der Waals surface area contributed by atoms with Crippen LogP contribution in [-0.4, -0.2) is 10.3 Å². The second-order valence-corrected chi connectivity index (χ2v) is 3.79. The Morgan fingerprint density at radius 3 is 2.80 bits per heavy atom. The van der Waals surface area contributed by atoms with Crippen LogP contribution in [0.25, 0.3) is 0 Å². The van der Waals surface area contributed by atoms with Gasteiger partial charge in [-0.15, -0.1) is 0 Å². The van der Waals surface area contributed by atoms with E-state index >= 15 is 0 Å². The largest absolute Gasteiger partial charge is 0.269 e. The van der Waals surface area contributed by atoms with Crippen molar-refractivity contribution >= 4 is 21.6 Å². The van der Waals surface area contributed by atoms with Gasteiger partial charge in [-0.05, 0) is 18.6 Å². The lowest BCUT2D eigenvalue weighted by Gasteiger charge is -1.97. The minimum absolute atomic E-state index is 0.110. The molecular formula is C11H10BrNO2. The lowest BCUT2D eigenvalue weighted by atomic mass is 10.1. The fraction of sp³-hybridized carbons (Fsp3) is 0.273. The molecule has 78 valence electrons. The van der Waals surface area contributed by atoms with Gasteiger partial charge in [0.25, 0.3) is 5.69 Å². The van der Waals surface area contributed by atoms with E-state index in [2.05, 4.69) is 27.8 Å². The first-order valence-electron chi connectivity index (χ1n) is 4.45. The van der Waals surface area contributed by atoms with Gasteiger partial charge in [0, 0.05) is 29.4 Å². The van der Waals surface area contributed by atoms with Crippen LogP contribution in [0, 0.1) is 28.9 Å². The van der Waals surface area contributed by atoms with Gasteiger partial charge in [-0.3, -0.25) is 10.1 Å². The molecule has 0 spiro atoms. The smallest absolute Gasteiger partial charge is 0.258 e. The predicted molar refractivity (Wildman–Crippen MR) is 63.1 cm³/mol. The number of benzene rings is 1. The third kappa shape index (κ3) is 3.37. The SMILES string of the molecule is Cc1cc([N+](=O)[O-])ccc1C#CCCBr. The molecule has 0 unspecified atom stereocenters. The van der Waals surface area contributed by atoms with Crippen LogP contribution in [0.2, 0.25) is 0 Å². The van der Waals surface area contributed by atoms with Crippen molar-refractivity contribution < 1.29 is 4.92 Å². The maximum absolute atomic E-state index is 10.5. The minimum Gasteiger partial charge on any atom is -0.258 e. The zero-order valence-corrected chi connectivity index (χ0v) is 9.87. The van der Waals surface area contributed by atoms with Gasteiger partial charge in [0.15, 0.2) is 0 Å². The Kier molecular flexibility index (Phi) is 4.32. The van der Waals surface area contributed by atoms with E-state index in [9.17, 15) is 10.1 Å². The lowest BCUT2D eigenvalue weighted by molar-refractivity contribution is -0.384. The van der Waals surface area contributed by atoms with Crippen LogP contribution < -0.4 is 0 Å². The Morgan fingerprint density at radius 2 is 2.27 bits per heavy atom. The Morgan fingerprint density at radius 1 is 1.53 bits per heavy atom. The molecule has 15 heavy (non-hydrogen) atoms. The summed E-state index contributed by atoms with van der Waals surface area (Å²) in [5.41, 5.74) is 1.80. The van der Waals surface area contributed by atoms with Crippen molar-refractivity contribution in [2.24, 2.45) is 0 Å². The van der Waals surface area contributed by atoms with Crippen LogP contribution in [-0.2, 0) is 0 Å². The fourth-order valence-electron chi connectivity index (χ4n) is 1.11. The molecule has 0 aromatic heterocycles. The summed E-state index contributed by atoms with van der Waals surface area (Å²) >= 11 is 3.28. The van der Waals surface area contributed by atoms with E-state index in [1.807, 2.05) is 6.92 Å². The van der Waals surface area contributed by atoms with Crippen molar-refractivity contribution in [2.75, 3.05) is 5.33 Å². The summed E-state index contributed by atoms with van der Waals surface area (Å²) in [4.78, 5) is 10.1. The number of hydrogen-bond acceptors (Lipinski definition) is 2. The number of nitro groups is 1. The molecular weight excluding hydrogens is 258 g/mol. The fourth-order valence-corrected chi connectivity index (χ4v) is 1.30. The number of aryl methyl sites for hydroxylation is 1. The first-order valence-corrected chi connectivity index (χ1v) is 5.57. The monoisotopic (exact) mass is 267 g/mol. The number of nitro benzene ring substituents is 1. The van der Waals surface area contributed by atoms with E-state index in [0.717, 1.165) is 22.9 Å². The van der Waals surface area contributed by atoms with Crippen molar-refractivity contribution in [1.29, 1.82) is 0 Å². The summed E-state index contributed by atoms with van der Waals surface area (Å²) in [6.07, 6.45) is 0.774. The van der Waals surface area contributed by atoms with E-state index in [4.69, 9.17) is 0 Å². The number of hydrogen-bond donors (Lipinski definition) is 0. The number of non-ortho nitro benzene ring substituents is 1. The van der Waals surface area contributed by atoms with Crippen LogP contribution in [0.5, 0.6) is 0 Å². The molecule has 0 atom stereocenters. The minimum atomic E-state index is -0.400. The molecule has 0 aliphatic heterocycles. The van der Waals surface area contributed by atoms with Crippen LogP contribution >= 0.6 is 15.9 Å². The van der Waals surface area contributed by atoms with Gasteiger partial charge in [0.1, 0.15) is 0 Å². The summed E-state index contributed by atoms with van der Waals surface area (Å²) in [6, 6.07) is 4.71. The maximum atomic E-state index is 10.5. The average molecular weight is 268 g/mol. The van der Waals surface area contributed by atoms with E-state index in [0.29, 0.717) is 0 Å². The quantitative estimate of drug-likeness (QED) is 0.358. The maximum Gasteiger partial charge on any atom is 0.269 e. The Balaban J connectivity index is 2.95. The van der Waals surface area contributed by atoms with Gasteiger partial charge in [-0.2, -0.15) is 0 Å². The molecule has 0 amide bonds. The van der Waals surface area contributed by atoms with Crippen LogP contribution in [0.1, 0.15) is 17.5 Å². The average Bonchev–Trinajstić information content (AvgIpc) is 2.20. The first kappa shape index (κ1) is 11.7. The molecule has 4 heteroatoms. The van der Waals surface area contributed by atoms with Crippen LogP contribution in [0.3, 0.4) is 0 Å². The Hall–Kier alpha value is -1.34. The van der Waals surface area contributed by atoms with Crippen molar-refractivity contribution in [2.45, 2.75) is 13.3 Å². The third-order valence-electron chi connectivity index (χ3n) is 1.86. The van der Waals surface area contributed by atoms with Crippen molar-refractivity contribution in [1.82, 2.24) is 0 Å². The van der Waals surface area contributed by atoms with Crippen LogP contribution in [0.4, 0.5) is 5.69 Å². The molecule has 0 radical (unpaired) electrons. The summed E-state index contributed by atoms with van der Waals surface area (Å²) < 4.78 is 0. The highest BCUT2D eigenvalue weighted by Gasteiger charge is 2.06.